The van der Waals surface area contributed by atoms with Gasteiger partial charge in [-0.3, -0.25) is 0 Å². The summed E-state index contributed by atoms with van der Waals surface area (Å²) >= 11 is 4.25. The Kier molecular flexibility index (Phi) is 5.86. The molecular weight excluding hydrogens is 230 g/mol. The van der Waals surface area contributed by atoms with Gasteiger partial charge < -0.3 is 9.64 Å². The van der Waals surface area contributed by atoms with E-state index in [0.29, 0.717) is 5.92 Å². The van der Waals surface area contributed by atoms with Crippen LogP contribution in [0.25, 0.3) is 0 Å². The van der Waals surface area contributed by atoms with E-state index >= 15 is 0 Å². The molecular formula is C14H23NOS. The first-order chi connectivity index (χ1) is 8.08. The molecule has 0 aliphatic heterocycles. The highest BCUT2D eigenvalue weighted by molar-refractivity contribution is 7.80. The number of ether oxygens (including phenoxy) is 1. The fraction of sp³-hybridized carbons (Fsp3) is 0.571. The van der Waals surface area contributed by atoms with Crippen molar-refractivity contribution < 1.29 is 4.74 Å². The number of benzene rings is 1. The lowest BCUT2D eigenvalue weighted by Gasteiger charge is -2.18. The maximum Gasteiger partial charge on any atom is 0.122 e. The van der Waals surface area contributed by atoms with Crippen LogP contribution in [0.2, 0.25) is 0 Å². The maximum absolute atomic E-state index is 5.39. The number of hydrogen-bond acceptors (Lipinski definition) is 3. The van der Waals surface area contributed by atoms with Crippen LogP contribution in [0.4, 0.5) is 0 Å². The summed E-state index contributed by atoms with van der Waals surface area (Å²) in [6.45, 7) is 6.36. The predicted molar refractivity (Wildman–Crippen MR) is 77.3 cm³/mol. The van der Waals surface area contributed by atoms with Gasteiger partial charge in [-0.2, -0.15) is 12.6 Å². The van der Waals surface area contributed by atoms with Gasteiger partial charge >= 0.3 is 0 Å². The van der Waals surface area contributed by atoms with Gasteiger partial charge in [0, 0.05) is 18.8 Å². The molecule has 3 heteroatoms. The van der Waals surface area contributed by atoms with Crippen molar-refractivity contribution in [3.63, 3.8) is 0 Å². The highest BCUT2D eigenvalue weighted by Gasteiger charge is 2.09. The zero-order valence-corrected chi connectivity index (χ0v) is 12.1. The Labute approximate surface area is 110 Å². The lowest BCUT2D eigenvalue weighted by molar-refractivity contribution is 0.348. The van der Waals surface area contributed by atoms with Crippen molar-refractivity contribution >= 4 is 12.6 Å². The van der Waals surface area contributed by atoms with Crippen molar-refractivity contribution in [2.24, 2.45) is 0 Å². The van der Waals surface area contributed by atoms with Crippen LogP contribution in [0.5, 0.6) is 5.75 Å². The van der Waals surface area contributed by atoms with Crippen molar-refractivity contribution in [2.75, 3.05) is 26.5 Å². The zero-order valence-electron chi connectivity index (χ0n) is 11.2. The van der Waals surface area contributed by atoms with Gasteiger partial charge in [-0.1, -0.05) is 26.0 Å². The predicted octanol–water partition coefficient (Wildman–Crippen LogP) is 3.18. The first-order valence-electron chi connectivity index (χ1n) is 6.04. The summed E-state index contributed by atoms with van der Waals surface area (Å²) < 4.78 is 5.39. The van der Waals surface area contributed by atoms with Crippen LogP contribution in [0.15, 0.2) is 18.2 Å². The zero-order chi connectivity index (χ0) is 12.8. The lowest BCUT2D eigenvalue weighted by atomic mass is 9.99. The number of rotatable bonds is 6. The van der Waals surface area contributed by atoms with Crippen molar-refractivity contribution in [2.45, 2.75) is 26.3 Å². The smallest absolute Gasteiger partial charge is 0.122 e. The second-order valence-corrected chi connectivity index (χ2v) is 5.14. The minimum absolute atomic E-state index is 0.486. The second kappa shape index (κ2) is 6.92. The third-order valence-electron chi connectivity index (χ3n) is 2.85. The molecule has 0 aliphatic carbocycles. The Balaban J connectivity index is 2.84. The molecule has 1 aromatic carbocycles. The van der Waals surface area contributed by atoms with E-state index in [1.165, 1.54) is 11.1 Å². The van der Waals surface area contributed by atoms with E-state index in [1.54, 1.807) is 7.11 Å². The number of hydrogen-bond donors (Lipinski definition) is 1. The molecule has 0 aromatic heterocycles. The maximum atomic E-state index is 5.39. The van der Waals surface area contributed by atoms with Gasteiger partial charge in [-0.15, -0.1) is 0 Å². The molecule has 1 aromatic rings. The van der Waals surface area contributed by atoms with Crippen molar-refractivity contribution in [1.29, 1.82) is 0 Å². The van der Waals surface area contributed by atoms with Gasteiger partial charge in [0.2, 0.25) is 0 Å². The summed E-state index contributed by atoms with van der Waals surface area (Å²) in [7, 11) is 3.85. The standard InChI is InChI=1S/C14H23NOS/c1-11(2)13-9-12(5-6-14(13)16-4)10-15(3)7-8-17/h5-6,9,11,17H,7-8,10H2,1-4H3. The highest BCUT2D eigenvalue weighted by Crippen LogP contribution is 2.27. The van der Waals surface area contributed by atoms with E-state index < -0.39 is 0 Å². The van der Waals surface area contributed by atoms with Crippen molar-refractivity contribution in [1.82, 2.24) is 4.90 Å². The molecule has 0 saturated heterocycles. The third-order valence-corrected chi connectivity index (χ3v) is 3.05. The molecule has 0 fully saturated rings. The number of nitrogens with zero attached hydrogens (tertiary/aromatic N) is 1. The van der Waals surface area contributed by atoms with E-state index in [0.717, 1.165) is 24.6 Å². The van der Waals surface area contributed by atoms with Crippen LogP contribution < -0.4 is 4.74 Å². The molecule has 0 N–H and O–H groups in total. The molecule has 17 heavy (non-hydrogen) atoms. The molecule has 0 saturated carbocycles. The van der Waals surface area contributed by atoms with Crippen molar-refractivity contribution in [3.05, 3.63) is 29.3 Å². The highest BCUT2D eigenvalue weighted by atomic mass is 32.1. The van der Waals surface area contributed by atoms with Gasteiger partial charge in [0.25, 0.3) is 0 Å². The van der Waals surface area contributed by atoms with Crippen molar-refractivity contribution in [3.8, 4) is 5.75 Å². The fourth-order valence-corrected chi connectivity index (χ4v) is 2.24. The first-order valence-corrected chi connectivity index (χ1v) is 6.68. The minimum Gasteiger partial charge on any atom is -0.496 e. The molecule has 0 bridgehead atoms. The van der Waals surface area contributed by atoms with Gasteiger partial charge in [0.1, 0.15) is 5.75 Å². The van der Waals surface area contributed by atoms with E-state index in [4.69, 9.17) is 4.74 Å². The largest absolute Gasteiger partial charge is 0.496 e. The summed E-state index contributed by atoms with van der Waals surface area (Å²) in [5, 5.41) is 0. The summed E-state index contributed by atoms with van der Waals surface area (Å²) in [6.07, 6.45) is 0. The van der Waals surface area contributed by atoms with Crippen LogP contribution >= 0.6 is 12.6 Å². The average Bonchev–Trinajstić information content (AvgIpc) is 2.29. The topological polar surface area (TPSA) is 12.5 Å². The van der Waals surface area contributed by atoms with Crippen LogP contribution in [0.3, 0.4) is 0 Å². The quantitative estimate of drug-likeness (QED) is 0.782. The minimum atomic E-state index is 0.486. The van der Waals surface area contributed by atoms with Gasteiger partial charge in [-0.05, 0) is 30.2 Å². The van der Waals surface area contributed by atoms with Crippen LogP contribution in [0.1, 0.15) is 30.9 Å². The first kappa shape index (κ1) is 14.4. The molecule has 0 spiro atoms. The number of thiol groups is 1. The molecule has 1 rings (SSSR count). The monoisotopic (exact) mass is 253 g/mol. The van der Waals surface area contributed by atoms with Crippen LogP contribution in [-0.2, 0) is 6.54 Å². The molecule has 2 nitrogen and oxygen atoms in total. The number of methoxy groups -OCH3 is 1. The summed E-state index contributed by atoms with van der Waals surface area (Å²) in [5.41, 5.74) is 2.61. The SMILES string of the molecule is COc1ccc(CN(C)CCS)cc1C(C)C. The fourth-order valence-electron chi connectivity index (χ4n) is 1.89. The molecule has 0 radical (unpaired) electrons. The van der Waals surface area contributed by atoms with Crippen LogP contribution in [0, 0.1) is 0 Å². The Morgan fingerprint density at radius 1 is 1.35 bits per heavy atom. The third kappa shape index (κ3) is 4.25. The molecule has 0 atom stereocenters. The normalized spacial score (nSPS) is 11.2. The Morgan fingerprint density at radius 2 is 2.06 bits per heavy atom. The summed E-state index contributed by atoms with van der Waals surface area (Å²) in [6, 6.07) is 6.46. The van der Waals surface area contributed by atoms with E-state index in [9.17, 15) is 0 Å². The van der Waals surface area contributed by atoms with Gasteiger partial charge in [0.15, 0.2) is 0 Å². The molecule has 96 valence electrons. The second-order valence-electron chi connectivity index (χ2n) is 4.69. The van der Waals surface area contributed by atoms with E-state index in [1.807, 2.05) is 0 Å². The van der Waals surface area contributed by atoms with Crippen LogP contribution in [-0.4, -0.2) is 31.4 Å². The van der Waals surface area contributed by atoms with Gasteiger partial charge in [-0.25, -0.2) is 0 Å². The Hall–Kier alpha value is -0.670. The Bertz CT molecular complexity index is 352. The molecule has 0 unspecified atom stereocenters. The lowest BCUT2D eigenvalue weighted by Crippen LogP contribution is -2.20. The van der Waals surface area contributed by atoms with E-state index in [2.05, 4.69) is 56.6 Å². The average molecular weight is 253 g/mol. The Morgan fingerprint density at radius 3 is 2.59 bits per heavy atom. The van der Waals surface area contributed by atoms with E-state index in [-0.39, 0.29) is 0 Å². The molecule has 0 aliphatic rings. The van der Waals surface area contributed by atoms with Gasteiger partial charge in [0.05, 0.1) is 7.11 Å². The summed E-state index contributed by atoms with van der Waals surface area (Å²) in [4.78, 5) is 2.28. The molecule has 0 amide bonds. The molecule has 0 heterocycles. The summed E-state index contributed by atoms with van der Waals surface area (Å²) in [5.74, 6) is 2.37.